The maximum absolute atomic E-state index is 12.7. The van der Waals surface area contributed by atoms with Crippen LogP contribution >= 0.6 is 0 Å². The number of rotatable bonds is 10. The van der Waals surface area contributed by atoms with Gasteiger partial charge in [0.1, 0.15) is 12.2 Å². The number of fused-ring (bicyclic) bond motifs is 1. The number of hydrogen-bond acceptors (Lipinski definition) is 8. The van der Waals surface area contributed by atoms with Crippen molar-refractivity contribution in [2.24, 2.45) is 17.8 Å². The molecule has 0 radical (unpaired) electrons. The minimum absolute atomic E-state index is 0.00671. The van der Waals surface area contributed by atoms with E-state index in [1.165, 1.54) is 29.4 Å². The van der Waals surface area contributed by atoms with Crippen LogP contribution in [0.3, 0.4) is 0 Å². The van der Waals surface area contributed by atoms with Crippen LogP contribution in [0.4, 0.5) is 17.6 Å². The third-order valence-electron chi connectivity index (χ3n) is 11.4. The summed E-state index contributed by atoms with van der Waals surface area (Å²) in [5.74, 6) is -11.4. The molecule has 6 aromatic rings. The average Bonchev–Trinajstić information content (AvgIpc) is 4.10. The van der Waals surface area contributed by atoms with E-state index in [4.69, 9.17) is 9.47 Å². The number of cyclic esters (lactones) is 1. The Morgan fingerprint density at radius 3 is 1.16 bits per heavy atom. The fraction of sp³-hybridized carbons (Fsp3) is 0.259. The molecule has 10 rings (SSSR count). The van der Waals surface area contributed by atoms with Crippen molar-refractivity contribution >= 4 is 45.7 Å². The third-order valence-corrected chi connectivity index (χ3v) is 15.8. The van der Waals surface area contributed by atoms with Gasteiger partial charge in [-0.25, -0.2) is 14.4 Å². The lowest BCUT2D eigenvalue weighted by Gasteiger charge is -2.26. The number of carbonyl (C=O) groups is 4. The molecule has 4 aliphatic rings. The lowest BCUT2D eigenvalue weighted by molar-refractivity contribution is -0.183. The van der Waals surface area contributed by atoms with Crippen LogP contribution in [0, 0.1) is 17.8 Å². The molecule has 14 heteroatoms. The van der Waals surface area contributed by atoms with Crippen LogP contribution in [0.1, 0.15) is 33.1 Å². The van der Waals surface area contributed by atoms with Crippen molar-refractivity contribution in [3.63, 3.8) is 0 Å². The van der Waals surface area contributed by atoms with Gasteiger partial charge in [-0.2, -0.15) is 17.6 Å². The van der Waals surface area contributed by atoms with Crippen molar-refractivity contribution in [2.45, 2.75) is 92.6 Å². The lowest BCUT2D eigenvalue weighted by atomic mass is 9.88. The first-order valence-corrected chi connectivity index (χ1v) is 24.5. The van der Waals surface area contributed by atoms with Crippen molar-refractivity contribution in [1.29, 1.82) is 0 Å². The van der Waals surface area contributed by atoms with Crippen LogP contribution in [0.2, 0.25) is 0 Å². The summed E-state index contributed by atoms with van der Waals surface area (Å²) in [6.45, 7) is 1.02. The Kier molecular flexibility index (Phi) is 16.5. The molecule has 2 saturated heterocycles. The van der Waals surface area contributed by atoms with E-state index in [2.05, 4.69) is 191 Å². The van der Waals surface area contributed by atoms with Crippen LogP contribution in [-0.2, 0) is 59.9 Å². The summed E-state index contributed by atoms with van der Waals surface area (Å²) in [6, 6.07) is 64.3. The normalized spacial score (nSPS) is 20.9. The Hall–Kier alpha value is -6.38. The molecule has 2 saturated carbocycles. The average molecular weight is 967 g/mol. The summed E-state index contributed by atoms with van der Waals surface area (Å²) in [5.41, 5.74) is 0. The first-order chi connectivity index (χ1) is 32.7. The summed E-state index contributed by atoms with van der Waals surface area (Å²) in [7, 11) is -0.0293. The van der Waals surface area contributed by atoms with E-state index in [-0.39, 0.29) is 58.5 Å². The molecule has 8 nitrogen and oxygen atoms in total. The molecular formula is C54H50F4O8S2+2. The van der Waals surface area contributed by atoms with E-state index >= 15 is 0 Å². The highest BCUT2D eigenvalue weighted by Gasteiger charge is 2.63. The van der Waals surface area contributed by atoms with Crippen molar-refractivity contribution in [3.8, 4) is 0 Å². The zero-order valence-corrected chi connectivity index (χ0v) is 38.8. The Labute approximate surface area is 398 Å². The maximum Gasteiger partial charge on any atom is 0.377 e. The van der Waals surface area contributed by atoms with E-state index in [0.717, 1.165) is 6.42 Å². The summed E-state index contributed by atoms with van der Waals surface area (Å²) in [6.07, 6.45) is -0.890. The van der Waals surface area contributed by atoms with Crippen molar-refractivity contribution in [1.82, 2.24) is 0 Å². The molecule has 0 aromatic heterocycles. The van der Waals surface area contributed by atoms with E-state index in [9.17, 15) is 36.7 Å². The SMILES string of the molecule is CC(F)(F)C(=O)OC1C2CC3C(=O)OC1C3C2.CC(F)(F)C(=O)OC1CCOC1=O.c1ccc([S+](c2ccccc2)c2ccccc2)cc1.c1ccc([S+](c2ccccc2)c2ccccc2)cc1. The Bertz CT molecular complexity index is 2260. The van der Waals surface area contributed by atoms with Gasteiger partial charge in [-0.3, -0.25) is 4.79 Å². The van der Waals surface area contributed by atoms with Crippen LogP contribution in [-0.4, -0.2) is 60.6 Å². The van der Waals surface area contributed by atoms with Crippen molar-refractivity contribution in [3.05, 3.63) is 182 Å². The van der Waals surface area contributed by atoms with Gasteiger partial charge >= 0.3 is 35.7 Å². The first kappa shape index (κ1) is 49.5. The van der Waals surface area contributed by atoms with E-state index in [1.807, 2.05) is 0 Å². The second kappa shape index (κ2) is 22.6. The Balaban J connectivity index is 0.000000136. The molecule has 0 spiro atoms. The molecule has 6 atom stereocenters. The number of hydrogen-bond donors (Lipinski definition) is 0. The fourth-order valence-electron chi connectivity index (χ4n) is 8.26. The fourth-order valence-corrected chi connectivity index (χ4v) is 12.5. The molecule has 2 aliphatic carbocycles. The quantitative estimate of drug-likeness (QED) is 0.0579. The van der Waals surface area contributed by atoms with E-state index in [0.29, 0.717) is 20.3 Å². The van der Waals surface area contributed by atoms with Gasteiger partial charge in [-0.1, -0.05) is 109 Å². The third kappa shape index (κ3) is 12.6. The molecule has 0 amide bonds. The molecule has 6 unspecified atom stereocenters. The molecule has 2 heterocycles. The number of halogens is 4. The predicted octanol–water partition coefficient (Wildman–Crippen LogP) is 11.2. The molecule has 0 N–H and O–H groups in total. The highest BCUT2D eigenvalue weighted by molar-refractivity contribution is 7.97. The largest absolute Gasteiger partial charge is 0.463 e. The van der Waals surface area contributed by atoms with E-state index in [1.54, 1.807) is 0 Å². The summed E-state index contributed by atoms with van der Waals surface area (Å²) in [4.78, 5) is 52.0. The Morgan fingerprint density at radius 2 is 0.853 bits per heavy atom. The van der Waals surface area contributed by atoms with Crippen LogP contribution in [0.25, 0.3) is 0 Å². The molecule has 352 valence electrons. The van der Waals surface area contributed by atoms with Crippen LogP contribution in [0.15, 0.2) is 211 Å². The molecule has 2 bridgehead atoms. The van der Waals surface area contributed by atoms with E-state index < -0.39 is 48.1 Å². The van der Waals surface area contributed by atoms with Crippen molar-refractivity contribution in [2.75, 3.05) is 6.61 Å². The second-order valence-corrected chi connectivity index (χ2v) is 20.4. The number of esters is 4. The zero-order chi connectivity index (χ0) is 48.3. The van der Waals surface area contributed by atoms with Gasteiger partial charge in [-0.05, 0) is 85.6 Å². The lowest BCUT2D eigenvalue weighted by Crippen LogP contribution is -2.40. The summed E-state index contributed by atoms with van der Waals surface area (Å²) < 4.78 is 68.6. The zero-order valence-electron chi connectivity index (χ0n) is 37.2. The molecule has 4 fully saturated rings. The summed E-state index contributed by atoms with van der Waals surface area (Å²) in [5, 5.41) is 0. The van der Waals surface area contributed by atoms with Gasteiger partial charge in [-0.15, -0.1) is 0 Å². The smallest absolute Gasteiger partial charge is 0.377 e. The van der Waals surface area contributed by atoms with Gasteiger partial charge in [0, 0.05) is 32.1 Å². The molecular weight excluding hydrogens is 917 g/mol. The monoisotopic (exact) mass is 966 g/mol. The number of alkyl halides is 4. The van der Waals surface area contributed by atoms with Gasteiger partial charge in [0.2, 0.25) is 6.10 Å². The molecule has 6 aromatic carbocycles. The first-order valence-electron chi connectivity index (χ1n) is 22.0. The van der Waals surface area contributed by atoms with Gasteiger partial charge in [0.15, 0.2) is 29.4 Å². The van der Waals surface area contributed by atoms with Gasteiger partial charge in [0.05, 0.1) is 34.3 Å². The van der Waals surface area contributed by atoms with Crippen LogP contribution < -0.4 is 0 Å². The van der Waals surface area contributed by atoms with Gasteiger partial charge < -0.3 is 18.9 Å². The molecule has 2 aliphatic heterocycles. The highest BCUT2D eigenvalue weighted by Crippen LogP contribution is 2.55. The van der Waals surface area contributed by atoms with Gasteiger partial charge in [0.25, 0.3) is 0 Å². The second-order valence-electron chi connectivity index (χ2n) is 16.4. The maximum atomic E-state index is 12.7. The minimum atomic E-state index is -3.57. The van der Waals surface area contributed by atoms with Crippen LogP contribution in [0.5, 0.6) is 0 Å². The standard InChI is InChI=1S/2C18H15S.C11H12F2O4.C7H8F2O4/c2*1-4-10-16(11-5-1)19(17-12-6-2-7-13-17)18-14-8-3-9-15-18;1-11(12,13)10(15)17-7-4-2-5-6(3-4)9(14)16-8(5)7;1-7(8,9)6(11)13-4-2-3-12-5(4)10/h2*1-15H;4-8H,2-3H2,1H3;4H,2-3H2,1H3/q2*+1;;. The Morgan fingerprint density at radius 1 is 0.515 bits per heavy atom. The highest BCUT2D eigenvalue weighted by atomic mass is 32.2. The topological polar surface area (TPSA) is 105 Å². The number of carbonyl (C=O) groups excluding carboxylic acids is 4. The number of benzene rings is 6. The summed E-state index contributed by atoms with van der Waals surface area (Å²) >= 11 is 0. The number of ether oxygens (including phenoxy) is 4. The van der Waals surface area contributed by atoms with Crippen molar-refractivity contribution < 1.29 is 55.7 Å². The molecule has 68 heavy (non-hydrogen) atoms. The minimum Gasteiger partial charge on any atom is -0.463 e. The predicted molar refractivity (Wildman–Crippen MR) is 249 cm³/mol.